The van der Waals surface area contributed by atoms with Gasteiger partial charge in [-0.2, -0.15) is 17.5 Å². The Balaban J connectivity index is 1.76. The molecule has 40 heavy (non-hydrogen) atoms. The van der Waals surface area contributed by atoms with Crippen LogP contribution >= 0.6 is 0 Å². The van der Waals surface area contributed by atoms with Crippen molar-refractivity contribution in [1.82, 2.24) is 14.5 Å². The first-order valence-electron chi connectivity index (χ1n) is 13.5. The Morgan fingerprint density at radius 1 is 1.00 bits per heavy atom. The van der Waals surface area contributed by atoms with Crippen molar-refractivity contribution in [2.45, 2.75) is 49.6 Å². The standard InChI is InChI=1S/C28H40F3N3O5S/c1-21(2)18-34(40(37,38)25-10-8-23(9-11-25)28(29,30)31)20-27(36)26(16-22-6-4-3-5-7-22)32-17-24(35)19-33-12-14-39-15-13-33/h3-11,21,24,26-27,32,35-36H,12-20H2,1-2H3/t24-,26-,27+/m0/s1. The van der Waals surface area contributed by atoms with E-state index in [9.17, 15) is 31.8 Å². The summed E-state index contributed by atoms with van der Waals surface area (Å²) in [6, 6.07) is 12.2. The smallest absolute Gasteiger partial charge is 0.390 e. The third-order valence-corrected chi connectivity index (χ3v) is 8.58. The molecule has 0 radical (unpaired) electrons. The molecule has 0 aliphatic carbocycles. The first-order chi connectivity index (χ1) is 18.9. The molecule has 0 saturated carbocycles. The van der Waals surface area contributed by atoms with Gasteiger partial charge in [-0.15, -0.1) is 0 Å². The van der Waals surface area contributed by atoms with E-state index in [1.807, 2.05) is 44.2 Å². The van der Waals surface area contributed by atoms with E-state index in [0.717, 1.165) is 47.2 Å². The number of benzene rings is 2. The average molecular weight is 588 g/mol. The Hall–Kier alpha value is -2.06. The van der Waals surface area contributed by atoms with Crippen molar-refractivity contribution in [3.63, 3.8) is 0 Å². The molecule has 3 rings (SSSR count). The molecule has 1 heterocycles. The van der Waals surface area contributed by atoms with Crippen LogP contribution in [0.4, 0.5) is 13.2 Å². The molecule has 12 heteroatoms. The number of ether oxygens (including phenoxy) is 1. The van der Waals surface area contributed by atoms with Crippen molar-refractivity contribution < 1.29 is 36.5 Å². The van der Waals surface area contributed by atoms with Crippen molar-refractivity contribution >= 4 is 10.0 Å². The highest BCUT2D eigenvalue weighted by Crippen LogP contribution is 2.30. The summed E-state index contributed by atoms with van der Waals surface area (Å²) in [7, 11) is -4.20. The Labute approximate surface area is 234 Å². The van der Waals surface area contributed by atoms with Gasteiger partial charge in [0.25, 0.3) is 0 Å². The van der Waals surface area contributed by atoms with Crippen LogP contribution < -0.4 is 5.32 Å². The van der Waals surface area contributed by atoms with Crippen LogP contribution in [0, 0.1) is 5.92 Å². The molecule has 3 atom stereocenters. The number of rotatable bonds is 14. The molecule has 2 aromatic rings. The van der Waals surface area contributed by atoms with Crippen molar-refractivity contribution in [2.24, 2.45) is 5.92 Å². The van der Waals surface area contributed by atoms with Gasteiger partial charge in [0.2, 0.25) is 10.0 Å². The number of β-amino-alcohol motifs (C(OH)–C–C–N with tert-alkyl or cyclic N) is 1. The second-order valence-electron chi connectivity index (χ2n) is 10.6. The minimum Gasteiger partial charge on any atom is -0.390 e. The second kappa shape index (κ2) is 14.7. The molecule has 0 unspecified atom stereocenters. The molecule has 0 aromatic heterocycles. The lowest BCUT2D eigenvalue weighted by Gasteiger charge is -2.32. The molecule has 0 amide bonds. The van der Waals surface area contributed by atoms with Gasteiger partial charge in [0, 0.05) is 45.3 Å². The molecule has 1 saturated heterocycles. The second-order valence-corrected chi connectivity index (χ2v) is 12.5. The van der Waals surface area contributed by atoms with Gasteiger partial charge >= 0.3 is 6.18 Å². The van der Waals surface area contributed by atoms with E-state index in [0.29, 0.717) is 26.2 Å². The Bertz CT molecular complexity index is 1130. The fourth-order valence-electron chi connectivity index (χ4n) is 4.62. The van der Waals surface area contributed by atoms with E-state index in [4.69, 9.17) is 4.74 Å². The number of morpholine rings is 1. The van der Waals surface area contributed by atoms with Crippen LogP contribution in [0.25, 0.3) is 0 Å². The molecule has 0 bridgehead atoms. The van der Waals surface area contributed by atoms with Crippen LogP contribution in [0.1, 0.15) is 25.0 Å². The molecule has 1 aliphatic rings. The molecule has 1 fully saturated rings. The number of halogens is 3. The highest BCUT2D eigenvalue weighted by atomic mass is 32.2. The highest BCUT2D eigenvalue weighted by Gasteiger charge is 2.33. The Morgan fingerprint density at radius 2 is 1.62 bits per heavy atom. The molecule has 1 aliphatic heterocycles. The van der Waals surface area contributed by atoms with Crippen LogP contribution in [0.5, 0.6) is 0 Å². The highest BCUT2D eigenvalue weighted by molar-refractivity contribution is 7.89. The van der Waals surface area contributed by atoms with Crippen molar-refractivity contribution in [2.75, 3.05) is 52.5 Å². The normalized spacial score (nSPS) is 17.7. The molecular weight excluding hydrogens is 547 g/mol. The maximum atomic E-state index is 13.5. The third-order valence-electron chi connectivity index (χ3n) is 6.73. The predicted octanol–water partition coefficient (Wildman–Crippen LogP) is 2.61. The first kappa shape index (κ1) is 32.5. The van der Waals surface area contributed by atoms with Crippen LogP contribution in [-0.2, 0) is 27.4 Å². The summed E-state index contributed by atoms with van der Waals surface area (Å²) in [5.41, 5.74) is -0.0209. The van der Waals surface area contributed by atoms with Crippen molar-refractivity contribution in [3.8, 4) is 0 Å². The minimum absolute atomic E-state index is 0.0676. The average Bonchev–Trinajstić information content (AvgIpc) is 2.91. The van der Waals surface area contributed by atoms with E-state index in [1.54, 1.807) is 0 Å². The van der Waals surface area contributed by atoms with Crippen molar-refractivity contribution in [1.29, 1.82) is 0 Å². The van der Waals surface area contributed by atoms with E-state index in [-0.39, 0.29) is 30.4 Å². The topological polar surface area (TPSA) is 102 Å². The van der Waals surface area contributed by atoms with Crippen molar-refractivity contribution in [3.05, 3.63) is 65.7 Å². The Morgan fingerprint density at radius 3 is 2.20 bits per heavy atom. The fourth-order valence-corrected chi connectivity index (χ4v) is 6.25. The summed E-state index contributed by atoms with van der Waals surface area (Å²) < 4.78 is 72.5. The maximum absolute atomic E-state index is 13.5. The maximum Gasteiger partial charge on any atom is 0.416 e. The number of aliphatic hydroxyl groups excluding tert-OH is 2. The number of hydrogen-bond acceptors (Lipinski definition) is 7. The number of nitrogens with one attached hydrogen (secondary N) is 1. The van der Waals surface area contributed by atoms with Gasteiger partial charge in [0.15, 0.2) is 0 Å². The van der Waals surface area contributed by atoms with Crippen LogP contribution in [0.2, 0.25) is 0 Å². The fraction of sp³-hybridized carbons (Fsp3) is 0.571. The summed E-state index contributed by atoms with van der Waals surface area (Å²) in [5.74, 6) is -0.104. The zero-order chi connectivity index (χ0) is 29.3. The lowest BCUT2D eigenvalue weighted by atomic mass is 10.0. The molecule has 2 aromatic carbocycles. The number of alkyl halides is 3. The van der Waals surface area contributed by atoms with Gasteiger partial charge in [-0.25, -0.2) is 8.42 Å². The molecular formula is C28H40F3N3O5S. The zero-order valence-electron chi connectivity index (χ0n) is 22.9. The van der Waals surface area contributed by atoms with E-state index >= 15 is 0 Å². The van der Waals surface area contributed by atoms with Crippen LogP contribution in [0.15, 0.2) is 59.5 Å². The van der Waals surface area contributed by atoms with E-state index < -0.39 is 40.0 Å². The van der Waals surface area contributed by atoms with Gasteiger partial charge in [-0.05, 0) is 42.2 Å². The van der Waals surface area contributed by atoms with Gasteiger partial charge in [0.05, 0.1) is 35.9 Å². The van der Waals surface area contributed by atoms with Gasteiger partial charge in [-0.3, -0.25) is 4.90 Å². The third kappa shape index (κ3) is 9.79. The molecule has 0 spiro atoms. The SMILES string of the molecule is CC(C)CN(C[C@@H](O)[C@H](Cc1ccccc1)NC[C@H](O)CN1CCOCC1)S(=O)(=O)c1ccc(C(F)(F)F)cc1. The summed E-state index contributed by atoms with van der Waals surface area (Å²) in [6.07, 6.45) is -6.09. The number of sulfonamides is 1. The van der Waals surface area contributed by atoms with Crippen LogP contribution in [-0.4, -0.2) is 98.6 Å². The first-order valence-corrected chi connectivity index (χ1v) is 14.9. The summed E-state index contributed by atoms with van der Waals surface area (Å²) in [5, 5.41) is 25.2. The largest absolute Gasteiger partial charge is 0.416 e. The lowest BCUT2D eigenvalue weighted by molar-refractivity contribution is -0.137. The van der Waals surface area contributed by atoms with Gasteiger partial charge in [-0.1, -0.05) is 44.2 Å². The summed E-state index contributed by atoms with van der Waals surface area (Å²) in [4.78, 5) is 1.82. The number of nitrogens with zero attached hydrogens (tertiary/aromatic N) is 2. The number of hydrogen-bond donors (Lipinski definition) is 3. The quantitative estimate of drug-likeness (QED) is 0.312. The van der Waals surface area contributed by atoms with Gasteiger partial charge in [0.1, 0.15) is 0 Å². The lowest BCUT2D eigenvalue weighted by Crippen LogP contribution is -2.52. The zero-order valence-corrected chi connectivity index (χ0v) is 23.7. The summed E-state index contributed by atoms with van der Waals surface area (Å²) >= 11 is 0. The Kier molecular flexibility index (Phi) is 11.9. The van der Waals surface area contributed by atoms with E-state index in [2.05, 4.69) is 10.2 Å². The van der Waals surface area contributed by atoms with Crippen LogP contribution in [0.3, 0.4) is 0 Å². The molecule has 8 nitrogen and oxygen atoms in total. The molecule has 3 N–H and O–H groups in total. The minimum atomic E-state index is -4.58. The monoisotopic (exact) mass is 587 g/mol. The van der Waals surface area contributed by atoms with Gasteiger partial charge < -0.3 is 20.3 Å². The van der Waals surface area contributed by atoms with E-state index in [1.165, 1.54) is 0 Å². The number of aliphatic hydroxyl groups is 2. The summed E-state index contributed by atoms with van der Waals surface area (Å²) in [6.45, 7) is 6.71. The predicted molar refractivity (Wildman–Crippen MR) is 146 cm³/mol. The molecule has 224 valence electrons.